The Bertz CT molecular complexity index is 851. The SMILES string of the molecule is CCOc1ccc(C(=O)NC)cc1S(=O)(=O)N1CCCC(C(=O)NC2CC2)C1. The van der Waals surface area contributed by atoms with E-state index in [1.807, 2.05) is 0 Å². The van der Waals surface area contributed by atoms with Crippen molar-refractivity contribution in [3.63, 3.8) is 0 Å². The van der Waals surface area contributed by atoms with E-state index < -0.39 is 10.0 Å². The van der Waals surface area contributed by atoms with Crippen molar-refractivity contribution in [2.24, 2.45) is 5.92 Å². The molecule has 1 aliphatic carbocycles. The highest BCUT2D eigenvalue weighted by Crippen LogP contribution is 2.31. The molecule has 3 rings (SSSR count). The molecule has 0 bridgehead atoms. The first kappa shape index (κ1) is 20.6. The summed E-state index contributed by atoms with van der Waals surface area (Å²) in [7, 11) is -2.42. The molecule has 1 heterocycles. The summed E-state index contributed by atoms with van der Waals surface area (Å²) in [6.45, 7) is 2.54. The first-order valence-corrected chi connectivity index (χ1v) is 11.1. The van der Waals surface area contributed by atoms with Gasteiger partial charge in [0, 0.05) is 31.7 Å². The minimum atomic E-state index is -3.91. The Morgan fingerprint density at radius 1 is 1.25 bits per heavy atom. The quantitative estimate of drug-likeness (QED) is 0.702. The van der Waals surface area contributed by atoms with Crippen LogP contribution in [0, 0.1) is 5.92 Å². The van der Waals surface area contributed by atoms with Crippen molar-refractivity contribution in [3.8, 4) is 5.75 Å². The monoisotopic (exact) mass is 409 g/mol. The summed E-state index contributed by atoms with van der Waals surface area (Å²) < 4.78 is 33.5. The van der Waals surface area contributed by atoms with Crippen molar-refractivity contribution in [2.45, 2.75) is 43.5 Å². The second-order valence-corrected chi connectivity index (χ2v) is 9.07. The summed E-state index contributed by atoms with van der Waals surface area (Å²) in [5.74, 6) is -0.604. The van der Waals surface area contributed by atoms with Gasteiger partial charge in [-0.05, 0) is 50.8 Å². The summed E-state index contributed by atoms with van der Waals surface area (Å²) in [5.41, 5.74) is 0.240. The van der Waals surface area contributed by atoms with E-state index in [0.717, 1.165) is 12.8 Å². The summed E-state index contributed by atoms with van der Waals surface area (Å²) >= 11 is 0. The van der Waals surface area contributed by atoms with Gasteiger partial charge in [0.15, 0.2) is 0 Å². The van der Waals surface area contributed by atoms with Crippen LogP contribution in [-0.4, -0.2) is 57.3 Å². The molecule has 9 heteroatoms. The van der Waals surface area contributed by atoms with Crippen molar-refractivity contribution < 1.29 is 22.7 Å². The first-order chi connectivity index (χ1) is 13.4. The molecule has 1 saturated carbocycles. The summed E-state index contributed by atoms with van der Waals surface area (Å²) in [5, 5.41) is 5.46. The normalized spacial score (nSPS) is 20.4. The Balaban J connectivity index is 1.87. The van der Waals surface area contributed by atoms with Crippen molar-refractivity contribution in [1.82, 2.24) is 14.9 Å². The van der Waals surface area contributed by atoms with Crippen molar-refractivity contribution in [3.05, 3.63) is 23.8 Å². The van der Waals surface area contributed by atoms with Crippen LogP contribution < -0.4 is 15.4 Å². The molecule has 1 aromatic rings. The highest BCUT2D eigenvalue weighted by molar-refractivity contribution is 7.89. The zero-order chi connectivity index (χ0) is 20.3. The van der Waals surface area contributed by atoms with E-state index in [1.54, 1.807) is 6.92 Å². The minimum absolute atomic E-state index is 0.0429. The van der Waals surface area contributed by atoms with Gasteiger partial charge in [-0.15, -0.1) is 0 Å². The third-order valence-corrected chi connectivity index (χ3v) is 6.92. The number of rotatable bonds is 7. The first-order valence-electron chi connectivity index (χ1n) is 9.66. The van der Waals surface area contributed by atoms with E-state index in [0.29, 0.717) is 26.0 Å². The summed E-state index contributed by atoms with van der Waals surface area (Å²) in [6, 6.07) is 4.62. The van der Waals surface area contributed by atoms with Crippen LogP contribution in [0.4, 0.5) is 0 Å². The van der Waals surface area contributed by atoms with Crippen LogP contribution in [0.5, 0.6) is 5.75 Å². The van der Waals surface area contributed by atoms with Crippen LogP contribution in [0.1, 0.15) is 43.0 Å². The number of nitrogens with one attached hydrogen (secondary N) is 2. The van der Waals surface area contributed by atoms with Crippen LogP contribution in [-0.2, 0) is 14.8 Å². The van der Waals surface area contributed by atoms with Gasteiger partial charge in [-0.3, -0.25) is 9.59 Å². The fraction of sp³-hybridized carbons (Fsp3) is 0.579. The van der Waals surface area contributed by atoms with E-state index in [2.05, 4.69) is 10.6 Å². The number of piperidine rings is 1. The lowest BCUT2D eigenvalue weighted by atomic mass is 9.99. The van der Waals surface area contributed by atoms with E-state index in [9.17, 15) is 18.0 Å². The number of hydrogen-bond acceptors (Lipinski definition) is 5. The Labute approximate surface area is 165 Å². The van der Waals surface area contributed by atoms with Gasteiger partial charge in [-0.25, -0.2) is 8.42 Å². The van der Waals surface area contributed by atoms with E-state index in [1.165, 1.54) is 29.6 Å². The topological polar surface area (TPSA) is 105 Å². The van der Waals surface area contributed by atoms with Crippen LogP contribution in [0.3, 0.4) is 0 Å². The number of benzene rings is 1. The number of amides is 2. The standard InChI is InChI=1S/C19H27N3O5S/c1-3-27-16-9-6-13(18(23)20-2)11-17(16)28(25,26)22-10-4-5-14(12-22)19(24)21-15-7-8-15/h6,9,11,14-15H,3-5,7-8,10,12H2,1-2H3,(H,20,23)(H,21,24). The maximum Gasteiger partial charge on any atom is 0.251 e. The van der Waals surface area contributed by atoms with Gasteiger partial charge in [0.05, 0.1) is 12.5 Å². The van der Waals surface area contributed by atoms with Crippen molar-refractivity contribution >= 4 is 21.8 Å². The summed E-state index contributed by atoms with van der Waals surface area (Å²) in [6.07, 6.45) is 3.26. The molecule has 0 aromatic heterocycles. The van der Waals surface area contributed by atoms with Crippen LogP contribution in [0.25, 0.3) is 0 Å². The molecule has 154 valence electrons. The molecule has 1 unspecified atom stereocenters. The largest absolute Gasteiger partial charge is 0.492 e. The highest BCUT2D eigenvalue weighted by atomic mass is 32.2. The highest BCUT2D eigenvalue weighted by Gasteiger charge is 2.36. The Morgan fingerprint density at radius 3 is 2.64 bits per heavy atom. The van der Waals surface area contributed by atoms with Crippen LogP contribution >= 0.6 is 0 Å². The number of hydrogen-bond donors (Lipinski definition) is 2. The van der Waals surface area contributed by atoms with E-state index in [-0.39, 0.29) is 46.5 Å². The molecule has 8 nitrogen and oxygen atoms in total. The fourth-order valence-electron chi connectivity index (χ4n) is 3.33. The molecule has 1 aromatic carbocycles. The lowest BCUT2D eigenvalue weighted by Crippen LogP contribution is -2.45. The van der Waals surface area contributed by atoms with Gasteiger partial charge >= 0.3 is 0 Å². The van der Waals surface area contributed by atoms with Gasteiger partial charge in [-0.1, -0.05) is 0 Å². The molecular weight excluding hydrogens is 382 g/mol. The fourth-order valence-corrected chi connectivity index (χ4v) is 5.01. The Morgan fingerprint density at radius 2 is 2.00 bits per heavy atom. The third-order valence-electron chi connectivity index (χ3n) is 5.03. The molecule has 1 saturated heterocycles. The van der Waals surface area contributed by atoms with Gasteiger partial charge in [0.1, 0.15) is 10.6 Å². The van der Waals surface area contributed by atoms with Crippen LogP contribution in [0.2, 0.25) is 0 Å². The van der Waals surface area contributed by atoms with Crippen molar-refractivity contribution in [2.75, 3.05) is 26.7 Å². The second-order valence-electron chi connectivity index (χ2n) is 7.16. The predicted molar refractivity (Wildman–Crippen MR) is 104 cm³/mol. The zero-order valence-electron chi connectivity index (χ0n) is 16.2. The van der Waals surface area contributed by atoms with Crippen LogP contribution in [0.15, 0.2) is 23.1 Å². The zero-order valence-corrected chi connectivity index (χ0v) is 17.0. The molecule has 2 fully saturated rings. The molecule has 2 N–H and O–H groups in total. The third kappa shape index (κ3) is 4.47. The number of ether oxygens (including phenoxy) is 1. The average Bonchev–Trinajstić information content (AvgIpc) is 3.52. The Hall–Kier alpha value is -2.13. The predicted octanol–water partition coefficient (Wildman–Crippen LogP) is 1.12. The number of carbonyl (C=O) groups excluding carboxylic acids is 2. The van der Waals surface area contributed by atoms with Gasteiger partial charge in [-0.2, -0.15) is 4.31 Å². The Kier molecular flexibility index (Phi) is 6.24. The molecule has 28 heavy (non-hydrogen) atoms. The molecular formula is C19H27N3O5S. The molecule has 2 aliphatic rings. The van der Waals surface area contributed by atoms with E-state index in [4.69, 9.17) is 4.74 Å². The second kappa shape index (κ2) is 8.48. The smallest absolute Gasteiger partial charge is 0.251 e. The maximum atomic E-state index is 13.3. The number of carbonyl (C=O) groups is 2. The summed E-state index contributed by atoms with van der Waals surface area (Å²) in [4.78, 5) is 24.3. The maximum absolute atomic E-state index is 13.3. The van der Waals surface area contributed by atoms with Crippen molar-refractivity contribution in [1.29, 1.82) is 0 Å². The lowest BCUT2D eigenvalue weighted by molar-refractivity contribution is -0.126. The van der Waals surface area contributed by atoms with E-state index >= 15 is 0 Å². The lowest BCUT2D eigenvalue weighted by Gasteiger charge is -2.31. The number of sulfonamides is 1. The molecule has 0 radical (unpaired) electrons. The molecule has 0 spiro atoms. The van der Waals surface area contributed by atoms with Gasteiger partial charge in [0.25, 0.3) is 5.91 Å². The van der Waals surface area contributed by atoms with Gasteiger partial charge in [0.2, 0.25) is 15.9 Å². The molecule has 2 amide bonds. The average molecular weight is 410 g/mol. The van der Waals surface area contributed by atoms with Gasteiger partial charge < -0.3 is 15.4 Å². The minimum Gasteiger partial charge on any atom is -0.492 e. The molecule has 1 aliphatic heterocycles. The molecule has 1 atom stereocenters. The number of nitrogens with zero attached hydrogens (tertiary/aromatic N) is 1.